The molecule has 0 radical (unpaired) electrons. The predicted molar refractivity (Wildman–Crippen MR) is 67.4 cm³/mol. The van der Waals surface area contributed by atoms with E-state index in [2.05, 4.69) is 15.0 Å². The second-order valence-corrected chi connectivity index (χ2v) is 4.49. The summed E-state index contributed by atoms with van der Waals surface area (Å²) in [5.74, 6) is -0.146. The van der Waals surface area contributed by atoms with E-state index in [0.29, 0.717) is 18.5 Å². The molecule has 1 aliphatic rings. The molecular formula is C12H14F3N3O2. The molecule has 0 aromatic heterocycles. The molecule has 1 aromatic carbocycles. The van der Waals surface area contributed by atoms with Crippen LogP contribution in [0.2, 0.25) is 0 Å². The number of anilines is 1. The summed E-state index contributed by atoms with van der Waals surface area (Å²) in [4.78, 5) is 4.12. The van der Waals surface area contributed by atoms with Crippen LogP contribution in [0.25, 0.3) is 0 Å². The van der Waals surface area contributed by atoms with Gasteiger partial charge in [-0.15, -0.1) is 13.2 Å². The zero-order valence-electron chi connectivity index (χ0n) is 10.4. The first-order chi connectivity index (χ1) is 9.32. The maximum Gasteiger partial charge on any atom is 0.573 e. The highest BCUT2D eigenvalue weighted by molar-refractivity contribution is 5.92. The monoisotopic (exact) mass is 289 g/mol. The van der Waals surface area contributed by atoms with Crippen LogP contribution in [-0.4, -0.2) is 29.6 Å². The Morgan fingerprint density at radius 3 is 2.40 bits per heavy atom. The van der Waals surface area contributed by atoms with Gasteiger partial charge in [0.15, 0.2) is 5.96 Å². The van der Waals surface area contributed by atoms with Crippen molar-refractivity contribution in [3.63, 3.8) is 0 Å². The SMILES string of the molecule is NC(=NC1CC(O)C1)Nc1ccc(OC(F)(F)F)cc1. The molecule has 20 heavy (non-hydrogen) atoms. The molecule has 8 heteroatoms. The van der Waals surface area contributed by atoms with Gasteiger partial charge in [0.25, 0.3) is 0 Å². The fourth-order valence-corrected chi connectivity index (χ4v) is 1.78. The Kier molecular flexibility index (Phi) is 4.03. The number of rotatable bonds is 3. The number of halogens is 3. The largest absolute Gasteiger partial charge is 0.573 e. The zero-order valence-corrected chi connectivity index (χ0v) is 10.4. The van der Waals surface area contributed by atoms with Gasteiger partial charge in [0.1, 0.15) is 5.75 Å². The molecule has 0 atom stereocenters. The van der Waals surface area contributed by atoms with E-state index in [1.807, 2.05) is 0 Å². The number of nitrogens with zero attached hydrogens (tertiary/aromatic N) is 1. The van der Waals surface area contributed by atoms with Gasteiger partial charge >= 0.3 is 6.36 Å². The van der Waals surface area contributed by atoms with Crippen molar-refractivity contribution in [2.45, 2.75) is 31.3 Å². The summed E-state index contributed by atoms with van der Waals surface area (Å²) >= 11 is 0. The fraction of sp³-hybridized carbons (Fsp3) is 0.417. The maximum absolute atomic E-state index is 12.0. The number of aliphatic hydroxyl groups excluding tert-OH is 1. The van der Waals surface area contributed by atoms with Crippen LogP contribution < -0.4 is 15.8 Å². The molecule has 110 valence electrons. The van der Waals surface area contributed by atoms with Crippen molar-refractivity contribution in [2.75, 3.05) is 5.32 Å². The first-order valence-corrected chi connectivity index (χ1v) is 5.96. The molecule has 0 spiro atoms. The van der Waals surface area contributed by atoms with E-state index in [1.165, 1.54) is 24.3 Å². The summed E-state index contributed by atoms with van der Waals surface area (Å²) in [5.41, 5.74) is 6.15. The molecule has 0 aliphatic heterocycles. The van der Waals surface area contributed by atoms with Gasteiger partial charge in [-0.25, -0.2) is 4.99 Å². The maximum atomic E-state index is 12.0. The molecule has 1 fully saturated rings. The second-order valence-electron chi connectivity index (χ2n) is 4.49. The lowest BCUT2D eigenvalue weighted by molar-refractivity contribution is -0.274. The van der Waals surface area contributed by atoms with Crippen LogP contribution in [0.1, 0.15) is 12.8 Å². The predicted octanol–water partition coefficient (Wildman–Crippen LogP) is 1.84. The standard InChI is InChI=1S/C12H14F3N3O2/c13-12(14,15)20-10-3-1-7(2-4-10)17-11(16)18-8-5-9(19)6-8/h1-4,8-9,19H,5-6H2,(H3,16,17,18). The van der Waals surface area contributed by atoms with E-state index in [0.717, 1.165) is 0 Å². The van der Waals surface area contributed by atoms with Crippen LogP contribution >= 0.6 is 0 Å². The Bertz CT molecular complexity index is 482. The number of hydrogen-bond acceptors (Lipinski definition) is 3. The Hall–Kier alpha value is -1.96. The number of hydrogen-bond donors (Lipinski definition) is 3. The minimum atomic E-state index is -4.71. The van der Waals surface area contributed by atoms with Gasteiger partial charge in [-0.1, -0.05) is 0 Å². The van der Waals surface area contributed by atoms with Crippen molar-refractivity contribution in [3.8, 4) is 5.75 Å². The van der Waals surface area contributed by atoms with Crippen LogP contribution in [0.5, 0.6) is 5.75 Å². The van der Waals surface area contributed by atoms with Crippen LogP contribution in [0.15, 0.2) is 29.3 Å². The molecular weight excluding hydrogens is 275 g/mol. The zero-order chi connectivity index (χ0) is 14.8. The van der Waals surface area contributed by atoms with Crippen molar-refractivity contribution in [2.24, 2.45) is 10.7 Å². The summed E-state index contributed by atoms with van der Waals surface area (Å²) in [6.07, 6.45) is -3.89. The third-order valence-corrected chi connectivity index (χ3v) is 2.77. The van der Waals surface area contributed by atoms with E-state index >= 15 is 0 Å². The summed E-state index contributed by atoms with van der Waals surface area (Å²) in [6, 6.07) is 5.15. The number of nitrogens with one attached hydrogen (secondary N) is 1. The van der Waals surface area contributed by atoms with Gasteiger partial charge in [0, 0.05) is 5.69 Å². The molecule has 0 unspecified atom stereocenters. The summed E-state index contributed by atoms with van der Waals surface area (Å²) in [5, 5.41) is 11.9. The van der Waals surface area contributed by atoms with Crippen molar-refractivity contribution in [1.29, 1.82) is 0 Å². The molecule has 1 aliphatic carbocycles. The van der Waals surface area contributed by atoms with Crippen LogP contribution in [0.3, 0.4) is 0 Å². The molecule has 1 saturated carbocycles. The van der Waals surface area contributed by atoms with Gasteiger partial charge in [-0.05, 0) is 37.1 Å². The third kappa shape index (κ3) is 4.30. The molecule has 0 saturated heterocycles. The summed E-state index contributed by atoms with van der Waals surface area (Å²) in [7, 11) is 0. The van der Waals surface area contributed by atoms with Crippen molar-refractivity contribution < 1.29 is 23.0 Å². The van der Waals surface area contributed by atoms with Gasteiger partial charge in [0.2, 0.25) is 0 Å². The second kappa shape index (κ2) is 5.58. The number of aliphatic imine (C=N–C) groups is 1. The average molecular weight is 289 g/mol. The number of nitrogens with two attached hydrogens (primary N) is 1. The lowest BCUT2D eigenvalue weighted by Gasteiger charge is -2.28. The summed E-state index contributed by atoms with van der Waals surface area (Å²) in [6.45, 7) is 0. The highest BCUT2D eigenvalue weighted by atomic mass is 19.4. The molecule has 2 rings (SSSR count). The van der Waals surface area contributed by atoms with Gasteiger partial charge in [0.05, 0.1) is 12.1 Å². The number of guanidine groups is 1. The van der Waals surface area contributed by atoms with Gasteiger partial charge < -0.3 is 20.9 Å². The van der Waals surface area contributed by atoms with Crippen LogP contribution in [0, 0.1) is 0 Å². The molecule has 0 amide bonds. The molecule has 4 N–H and O–H groups in total. The van der Waals surface area contributed by atoms with Crippen molar-refractivity contribution in [3.05, 3.63) is 24.3 Å². The highest BCUT2D eigenvalue weighted by Crippen LogP contribution is 2.25. The van der Waals surface area contributed by atoms with E-state index in [4.69, 9.17) is 10.8 Å². The van der Waals surface area contributed by atoms with Crippen LogP contribution in [0.4, 0.5) is 18.9 Å². The summed E-state index contributed by atoms with van der Waals surface area (Å²) < 4.78 is 39.7. The quantitative estimate of drug-likeness (QED) is 0.586. The highest BCUT2D eigenvalue weighted by Gasteiger charge is 2.31. The van der Waals surface area contributed by atoms with E-state index in [1.54, 1.807) is 0 Å². The normalized spacial score (nSPS) is 23.1. The minimum Gasteiger partial charge on any atom is -0.406 e. The van der Waals surface area contributed by atoms with E-state index < -0.39 is 6.36 Å². The third-order valence-electron chi connectivity index (χ3n) is 2.77. The molecule has 1 aromatic rings. The topological polar surface area (TPSA) is 79.9 Å². The number of alkyl halides is 3. The Balaban J connectivity index is 1.90. The minimum absolute atomic E-state index is 0.00895. The smallest absolute Gasteiger partial charge is 0.406 e. The number of aliphatic hydroxyl groups is 1. The number of benzene rings is 1. The molecule has 5 nitrogen and oxygen atoms in total. The molecule has 0 bridgehead atoms. The van der Waals surface area contributed by atoms with Gasteiger partial charge in [-0.2, -0.15) is 0 Å². The Morgan fingerprint density at radius 1 is 1.30 bits per heavy atom. The number of ether oxygens (including phenoxy) is 1. The lowest BCUT2D eigenvalue weighted by atomic mass is 9.90. The van der Waals surface area contributed by atoms with E-state index in [9.17, 15) is 13.2 Å². The first-order valence-electron chi connectivity index (χ1n) is 5.96. The lowest BCUT2D eigenvalue weighted by Crippen LogP contribution is -2.35. The van der Waals surface area contributed by atoms with Crippen LogP contribution in [-0.2, 0) is 0 Å². The Morgan fingerprint density at radius 2 is 1.90 bits per heavy atom. The van der Waals surface area contributed by atoms with Gasteiger partial charge in [-0.3, -0.25) is 0 Å². The fourth-order valence-electron chi connectivity index (χ4n) is 1.78. The van der Waals surface area contributed by atoms with Crippen molar-refractivity contribution in [1.82, 2.24) is 0 Å². The first kappa shape index (κ1) is 14.4. The van der Waals surface area contributed by atoms with E-state index in [-0.39, 0.29) is 23.9 Å². The van der Waals surface area contributed by atoms with Crippen molar-refractivity contribution >= 4 is 11.6 Å². The Labute approximate surface area is 113 Å². The molecule has 0 heterocycles. The average Bonchev–Trinajstić information content (AvgIpc) is 2.28.